The zero-order chi connectivity index (χ0) is 19.7. The first-order chi connectivity index (χ1) is 13.5. The van der Waals surface area contributed by atoms with E-state index in [-0.39, 0.29) is 11.9 Å². The van der Waals surface area contributed by atoms with E-state index in [4.69, 9.17) is 4.74 Å². The third-order valence-electron chi connectivity index (χ3n) is 6.29. The van der Waals surface area contributed by atoms with E-state index in [0.717, 1.165) is 49.3 Å². The second-order valence-electron chi connectivity index (χ2n) is 8.35. The van der Waals surface area contributed by atoms with Gasteiger partial charge in [0, 0.05) is 39.2 Å². The Hall–Kier alpha value is -1.44. The first kappa shape index (κ1) is 19.9. The number of ether oxygens (including phenoxy) is 1. The van der Waals surface area contributed by atoms with Crippen LogP contribution in [0.3, 0.4) is 0 Å². The van der Waals surface area contributed by atoms with E-state index in [1.54, 1.807) is 23.5 Å². The third-order valence-corrected chi connectivity index (χ3v) is 8.24. The number of hydrogen-bond donors (Lipinski definition) is 0. The zero-order valence-corrected chi connectivity index (χ0v) is 17.4. The molecule has 2 fully saturated rings. The number of fused-ring (bicyclic) bond motifs is 1. The molecule has 1 aromatic rings. The van der Waals surface area contributed by atoms with Gasteiger partial charge in [0.05, 0.1) is 11.5 Å². The van der Waals surface area contributed by atoms with E-state index in [1.807, 2.05) is 11.0 Å². The first-order valence-electron chi connectivity index (χ1n) is 10.4. The highest BCUT2D eigenvalue weighted by atomic mass is 32.2. The van der Waals surface area contributed by atoms with Crippen LogP contribution in [0.15, 0.2) is 23.1 Å². The van der Waals surface area contributed by atoms with Gasteiger partial charge in [-0.05, 0) is 54.9 Å². The van der Waals surface area contributed by atoms with Crippen molar-refractivity contribution in [3.05, 3.63) is 29.3 Å². The van der Waals surface area contributed by atoms with Crippen LogP contribution in [0.4, 0.5) is 0 Å². The van der Waals surface area contributed by atoms with Gasteiger partial charge in [0.25, 0.3) is 0 Å². The molecule has 28 heavy (non-hydrogen) atoms. The number of rotatable bonds is 7. The molecule has 0 spiro atoms. The van der Waals surface area contributed by atoms with Crippen molar-refractivity contribution in [2.24, 2.45) is 5.92 Å². The quantitative estimate of drug-likeness (QED) is 0.698. The molecule has 2 aliphatic heterocycles. The molecule has 0 aromatic heterocycles. The van der Waals surface area contributed by atoms with Crippen molar-refractivity contribution in [3.8, 4) is 0 Å². The number of hydrogen-bond acceptors (Lipinski definition) is 4. The zero-order valence-electron chi connectivity index (χ0n) is 16.6. The highest BCUT2D eigenvalue weighted by Gasteiger charge is 2.36. The Balaban J connectivity index is 1.50. The summed E-state index contributed by atoms with van der Waals surface area (Å²) in [6.07, 6.45) is 6.62. The number of nitrogens with zero attached hydrogens (tertiary/aromatic N) is 2. The molecule has 1 atom stereocenters. The average molecular weight is 407 g/mol. The van der Waals surface area contributed by atoms with Gasteiger partial charge in [0.1, 0.15) is 0 Å². The lowest BCUT2D eigenvalue weighted by molar-refractivity contribution is -0.132. The fourth-order valence-corrected chi connectivity index (χ4v) is 6.15. The standard InChI is InChI=1S/C21H30N2O4S/c1-27-15-19-3-2-11-23(19)28(25,26)20-8-7-17-10-12-22(14-18(17)13-20)21(24)9-6-16-4-5-16/h7-8,13,16,19H,2-6,9-12,14-15H2,1H3/t19-/m1/s1. The van der Waals surface area contributed by atoms with Crippen molar-refractivity contribution in [2.75, 3.05) is 26.8 Å². The maximum atomic E-state index is 13.2. The number of methoxy groups -OCH3 is 1. The van der Waals surface area contributed by atoms with Crippen LogP contribution in [0.1, 0.15) is 49.7 Å². The summed E-state index contributed by atoms with van der Waals surface area (Å²) in [7, 11) is -1.94. The van der Waals surface area contributed by atoms with E-state index in [1.165, 1.54) is 12.8 Å². The summed E-state index contributed by atoms with van der Waals surface area (Å²) in [6.45, 7) is 2.21. The molecule has 1 aliphatic carbocycles. The molecule has 1 saturated carbocycles. The largest absolute Gasteiger partial charge is 0.383 e. The number of sulfonamides is 1. The minimum Gasteiger partial charge on any atom is -0.383 e. The fourth-order valence-electron chi connectivity index (χ4n) is 4.42. The summed E-state index contributed by atoms with van der Waals surface area (Å²) in [5.74, 6) is 0.948. The molecule has 1 aromatic carbocycles. The van der Waals surface area contributed by atoms with E-state index < -0.39 is 10.0 Å². The van der Waals surface area contributed by atoms with Crippen LogP contribution in [0.2, 0.25) is 0 Å². The van der Waals surface area contributed by atoms with Gasteiger partial charge in [-0.2, -0.15) is 4.31 Å². The Labute approximate surface area is 167 Å². The average Bonchev–Trinajstić information content (AvgIpc) is 3.41. The van der Waals surface area contributed by atoms with E-state index in [0.29, 0.717) is 31.0 Å². The van der Waals surface area contributed by atoms with Crippen LogP contribution >= 0.6 is 0 Å². The monoisotopic (exact) mass is 406 g/mol. The summed E-state index contributed by atoms with van der Waals surface area (Å²) < 4.78 is 33.2. The number of benzene rings is 1. The highest BCUT2D eigenvalue weighted by molar-refractivity contribution is 7.89. The Kier molecular flexibility index (Phi) is 5.76. The van der Waals surface area contributed by atoms with Crippen LogP contribution in [0, 0.1) is 5.92 Å². The van der Waals surface area contributed by atoms with Crippen LogP contribution < -0.4 is 0 Å². The minimum absolute atomic E-state index is 0.0912. The molecule has 0 unspecified atom stereocenters. The predicted octanol–water partition coefficient (Wildman–Crippen LogP) is 2.56. The van der Waals surface area contributed by atoms with Crippen molar-refractivity contribution in [1.29, 1.82) is 0 Å². The van der Waals surface area contributed by atoms with Gasteiger partial charge < -0.3 is 9.64 Å². The summed E-state index contributed by atoms with van der Waals surface area (Å²) >= 11 is 0. The summed E-state index contributed by atoms with van der Waals surface area (Å²) in [4.78, 5) is 14.8. The molecule has 0 N–H and O–H groups in total. The van der Waals surface area contributed by atoms with Gasteiger partial charge in [-0.3, -0.25) is 4.79 Å². The lowest BCUT2D eigenvalue weighted by Gasteiger charge is -2.30. The molecule has 154 valence electrons. The third kappa shape index (κ3) is 4.11. The highest BCUT2D eigenvalue weighted by Crippen LogP contribution is 2.34. The van der Waals surface area contributed by atoms with Gasteiger partial charge in [0.15, 0.2) is 0 Å². The topological polar surface area (TPSA) is 66.9 Å². The van der Waals surface area contributed by atoms with Crippen LogP contribution in [0.25, 0.3) is 0 Å². The van der Waals surface area contributed by atoms with Gasteiger partial charge in [-0.25, -0.2) is 8.42 Å². The van der Waals surface area contributed by atoms with Gasteiger partial charge in [-0.15, -0.1) is 0 Å². The number of carbonyl (C=O) groups is 1. The molecule has 0 radical (unpaired) electrons. The molecule has 1 saturated heterocycles. The van der Waals surface area contributed by atoms with Crippen molar-refractivity contribution < 1.29 is 17.9 Å². The number of carbonyl (C=O) groups excluding carboxylic acids is 1. The lowest BCUT2D eigenvalue weighted by atomic mass is 9.99. The van der Waals surface area contributed by atoms with Gasteiger partial charge in [0.2, 0.25) is 15.9 Å². The Bertz CT molecular complexity index is 835. The van der Waals surface area contributed by atoms with E-state index in [9.17, 15) is 13.2 Å². The lowest BCUT2D eigenvalue weighted by Crippen LogP contribution is -2.38. The Morgan fingerprint density at radius 2 is 2.00 bits per heavy atom. The van der Waals surface area contributed by atoms with Crippen molar-refractivity contribution in [1.82, 2.24) is 9.21 Å². The van der Waals surface area contributed by atoms with Crippen molar-refractivity contribution in [3.63, 3.8) is 0 Å². The first-order valence-corrected chi connectivity index (χ1v) is 11.8. The summed E-state index contributed by atoms with van der Waals surface area (Å²) in [5, 5.41) is 0. The molecule has 2 heterocycles. The molecule has 3 aliphatic rings. The van der Waals surface area contributed by atoms with Crippen LogP contribution in [0.5, 0.6) is 0 Å². The van der Waals surface area contributed by atoms with Gasteiger partial charge in [-0.1, -0.05) is 18.9 Å². The van der Waals surface area contributed by atoms with Crippen molar-refractivity contribution >= 4 is 15.9 Å². The van der Waals surface area contributed by atoms with E-state index >= 15 is 0 Å². The molecular weight excluding hydrogens is 376 g/mol. The van der Waals surface area contributed by atoms with E-state index in [2.05, 4.69) is 0 Å². The second-order valence-corrected chi connectivity index (χ2v) is 10.2. The SMILES string of the molecule is COC[C@H]1CCCN1S(=O)(=O)c1ccc2c(c1)CN(C(=O)CCC1CC1)CC2. The Morgan fingerprint density at radius 3 is 2.75 bits per heavy atom. The fraction of sp³-hybridized carbons (Fsp3) is 0.667. The molecule has 4 rings (SSSR count). The molecular formula is C21H30N2O4S. The summed E-state index contributed by atoms with van der Waals surface area (Å²) in [5.41, 5.74) is 2.12. The van der Waals surface area contributed by atoms with Crippen LogP contribution in [-0.4, -0.2) is 56.4 Å². The van der Waals surface area contributed by atoms with Gasteiger partial charge >= 0.3 is 0 Å². The normalized spacial score (nSPS) is 23.0. The second kappa shape index (κ2) is 8.13. The van der Waals surface area contributed by atoms with Crippen molar-refractivity contribution in [2.45, 2.75) is 62.4 Å². The smallest absolute Gasteiger partial charge is 0.243 e. The predicted molar refractivity (Wildman–Crippen MR) is 106 cm³/mol. The molecule has 7 heteroatoms. The number of amides is 1. The summed E-state index contributed by atoms with van der Waals surface area (Å²) in [6, 6.07) is 5.34. The molecule has 6 nitrogen and oxygen atoms in total. The maximum absolute atomic E-state index is 13.2. The Morgan fingerprint density at radius 1 is 1.18 bits per heavy atom. The molecule has 1 amide bonds. The minimum atomic E-state index is -3.54. The maximum Gasteiger partial charge on any atom is 0.243 e. The van der Waals surface area contributed by atoms with Crippen LogP contribution in [-0.2, 0) is 32.5 Å². The molecule has 0 bridgehead atoms.